The highest BCUT2D eigenvalue weighted by molar-refractivity contribution is 7.92. The number of benzene rings is 2. The molecule has 0 spiro atoms. The molecule has 0 unspecified atom stereocenters. The molecule has 2 atom stereocenters. The average molecular weight is 447 g/mol. The summed E-state index contributed by atoms with van der Waals surface area (Å²) in [7, 11) is -3.81. The van der Waals surface area contributed by atoms with Crippen LogP contribution in [0.1, 0.15) is 32.6 Å². The van der Waals surface area contributed by atoms with E-state index in [4.69, 9.17) is 4.74 Å². The molecule has 0 aliphatic heterocycles. The number of rotatable bonds is 8. The number of anilines is 2. The SMILES string of the molecule is CCOc1ccc(NS(=O)(=O)c2ccc(NC(=O)[C@H]3CCCC[C@@H]3C(=O)O)cc2)cc1. The second kappa shape index (κ2) is 9.82. The Labute approximate surface area is 181 Å². The molecule has 31 heavy (non-hydrogen) atoms. The average Bonchev–Trinajstić information content (AvgIpc) is 2.75. The number of amides is 1. The van der Waals surface area contributed by atoms with Crippen molar-refractivity contribution in [3.05, 3.63) is 48.5 Å². The van der Waals surface area contributed by atoms with Crippen LogP contribution in [0.3, 0.4) is 0 Å². The molecule has 2 aromatic rings. The third-order valence-corrected chi connectivity index (χ3v) is 6.67. The van der Waals surface area contributed by atoms with E-state index < -0.39 is 27.8 Å². The van der Waals surface area contributed by atoms with Gasteiger partial charge in [0.1, 0.15) is 5.75 Å². The fourth-order valence-corrected chi connectivity index (χ4v) is 4.75. The number of sulfonamides is 1. The van der Waals surface area contributed by atoms with Crippen molar-refractivity contribution in [1.29, 1.82) is 0 Å². The largest absolute Gasteiger partial charge is 0.494 e. The molecule has 8 nitrogen and oxygen atoms in total. The summed E-state index contributed by atoms with van der Waals surface area (Å²) in [6, 6.07) is 12.3. The third kappa shape index (κ3) is 5.75. The Hall–Kier alpha value is -3.07. The summed E-state index contributed by atoms with van der Waals surface area (Å²) in [6.07, 6.45) is 2.63. The minimum atomic E-state index is -3.81. The Kier molecular flexibility index (Phi) is 7.17. The zero-order chi connectivity index (χ0) is 22.4. The van der Waals surface area contributed by atoms with Gasteiger partial charge in [0, 0.05) is 11.4 Å². The molecule has 0 aromatic heterocycles. The van der Waals surface area contributed by atoms with Crippen LogP contribution in [0.25, 0.3) is 0 Å². The fourth-order valence-electron chi connectivity index (χ4n) is 3.69. The van der Waals surface area contributed by atoms with E-state index in [0.717, 1.165) is 12.8 Å². The molecule has 1 aliphatic carbocycles. The highest BCUT2D eigenvalue weighted by Gasteiger charge is 2.35. The number of carbonyl (C=O) groups excluding carboxylic acids is 1. The normalized spacial score (nSPS) is 18.7. The monoisotopic (exact) mass is 446 g/mol. The fraction of sp³-hybridized carbons (Fsp3) is 0.364. The van der Waals surface area contributed by atoms with Crippen molar-refractivity contribution >= 4 is 33.3 Å². The van der Waals surface area contributed by atoms with Gasteiger partial charge in [-0.25, -0.2) is 8.42 Å². The Morgan fingerprint density at radius 3 is 2.13 bits per heavy atom. The summed E-state index contributed by atoms with van der Waals surface area (Å²) in [5.74, 6) is -1.94. The molecule has 0 saturated heterocycles. The molecule has 1 aliphatic rings. The number of ether oxygens (including phenoxy) is 1. The molecule has 1 fully saturated rings. The van der Waals surface area contributed by atoms with Gasteiger partial charge in [-0.15, -0.1) is 0 Å². The van der Waals surface area contributed by atoms with Gasteiger partial charge in [-0.3, -0.25) is 14.3 Å². The van der Waals surface area contributed by atoms with Gasteiger partial charge in [0.25, 0.3) is 10.0 Å². The van der Waals surface area contributed by atoms with Crippen LogP contribution in [0.15, 0.2) is 53.4 Å². The number of carbonyl (C=O) groups is 2. The first-order valence-corrected chi connectivity index (χ1v) is 11.7. The Balaban J connectivity index is 1.66. The lowest BCUT2D eigenvalue weighted by Crippen LogP contribution is -2.36. The lowest BCUT2D eigenvalue weighted by molar-refractivity contribution is -0.147. The second-order valence-electron chi connectivity index (χ2n) is 7.41. The Morgan fingerprint density at radius 2 is 1.55 bits per heavy atom. The Bertz CT molecular complexity index is 1020. The summed E-state index contributed by atoms with van der Waals surface area (Å²) in [6.45, 7) is 2.38. The van der Waals surface area contributed by atoms with Crippen molar-refractivity contribution in [2.45, 2.75) is 37.5 Å². The van der Waals surface area contributed by atoms with E-state index >= 15 is 0 Å². The van der Waals surface area contributed by atoms with E-state index in [1.165, 1.54) is 24.3 Å². The number of hydrogen-bond acceptors (Lipinski definition) is 5. The highest BCUT2D eigenvalue weighted by Crippen LogP contribution is 2.31. The third-order valence-electron chi connectivity index (χ3n) is 5.27. The number of carboxylic acid groups (broad SMARTS) is 1. The zero-order valence-electron chi connectivity index (χ0n) is 17.2. The predicted octanol–water partition coefficient (Wildman–Crippen LogP) is 3.72. The number of aliphatic carboxylic acids is 1. The molecule has 3 N–H and O–H groups in total. The van der Waals surface area contributed by atoms with Crippen LogP contribution in [0.4, 0.5) is 11.4 Å². The molecule has 0 heterocycles. The molecular weight excluding hydrogens is 420 g/mol. The molecule has 1 saturated carbocycles. The van der Waals surface area contributed by atoms with E-state index in [1.807, 2.05) is 6.92 Å². The standard InChI is InChI=1S/C22H26N2O6S/c1-2-30-17-11-7-16(8-12-17)24-31(28,29)18-13-9-15(10-14-18)23-21(25)19-5-3-4-6-20(19)22(26)27/h7-14,19-20,24H,2-6H2,1H3,(H,23,25)(H,26,27)/t19-,20-/m0/s1. The lowest BCUT2D eigenvalue weighted by atomic mass is 9.78. The topological polar surface area (TPSA) is 122 Å². The number of nitrogens with one attached hydrogen (secondary N) is 2. The van der Waals surface area contributed by atoms with Crippen LogP contribution in [0.5, 0.6) is 5.75 Å². The van der Waals surface area contributed by atoms with Crippen molar-refractivity contribution in [3.63, 3.8) is 0 Å². The highest BCUT2D eigenvalue weighted by atomic mass is 32.2. The summed E-state index contributed by atoms with van der Waals surface area (Å²) in [5, 5.41) is 12.1. The molecule has 3 rings (SSSR count). The van der Waals surface area contributed by atoms with E-state index in [0.29, 0.717) is 36.6 Å². The first kappa shape index (κ1) is 22.6. The van der Waals surface area contributed by atoms with E-state index in [1.54, 1.807) is 24.3 Å². The van der Waals surface area contributed by atoms with Gasteiger partial charge in [0.15, 0.2) is 0 Å². The number of hydrogen-bond donors (Lipinski definition) is 3. The van der Waals surface area contributed by atoms with Crippen LogP contribution >= 0.6 is 0 Å². The minimum Gasteiger partial charge on any atom is -0.494 e. The summed E-state index contributed by atoms with van der Waals surface area (Å²) in [4.78, 5) is 24.0. The van der Waals surface area contributed by atoms with Crippen molar-refractivity contribution in [2.24, 2.45) is 11.8 Å². The van der Waals surface area contributed by atoms with Gasteiger partial charge in [-0.1, -0.05) is 12.8 Å². The van der Waals surface area contributed by atoms with E-state index in [2.05, 4.69) is 10.0 Å². The molecule has 2 aromatic carbocycles. The van der Waals surface area contributed by atoms with Gasteiger partial charge in [0.05, 0.1) is 23.3 Å². The predicted molar refractivity (Wildman–Crippen MR) is 117 cm³/mol. The first-order valence-electron chi connectivity index (χ1n) is 10.2. The van der Waals surface area contributed by atoms with Crippen molar-refractivity contribution in [2.75, 3.05) is 16.6 Å². The van der Waals surface area contributed by atoms with Crippen molar-refractivity contribution < 1.29 is 27.9 Å². The molecule has 166 valence electrons. The lowest BCUT2D eigenvalue weighted by Gasteiger charge is -2.27. The van der Waals surface area contributed by atoms with Crippen LogP contribution in [0.2, 0.25) is 0 Å². The molecule has 0 radical (unpaired) electrons. The zero-order valence-corrected chi connectivity index (χ0v) is 18.0. The smallest absolute Gasteiger partial charge is 0.307 e. The number of carboxylic acids is 1. The van der Waals surface area contributed by atoms with Crippen molar-refractivity contribution in [3.8, 4) is 5.75 Å². The second-order valence-corrected chi connectivity index (χ2v) is 9.09. The van der Waals surface area contributed by atoms with Crippen LogP contribution in [0, 0.1) is 11.8 Å². The molecule has 1 amide bonds. The van der Waals surface area contributed by atoms with Gasteiger partial charge >= 0.3 is 5.97 Å². The minimum absolute atomic E-state index is 0.0421. The molecule has 0 bridgehead atoms. The maximum absolute atomic E-state index is 12.6. The van der Waals surface area contributed by atoms with Crippen LogP contribution in [-0.2, 0) is 19.6 Å². The summed E-state index contributed by atoms with van der Waals surface area (Å²) < 4.78 is 33.1. The van der Waals surface area contributed by atoms with Gasteiger partial charge in [0.2, 0.25) is 5.91 Å². The molecule has 9 heteroatoms. The maximum Gasteiger partial charge on any atom is 0.307 e. The molecular formula is C22H26N2O6S. The summed E-state index contributed by atoms with van der Waals surface area (Å²) >= 11 is 0. The van der Waals surface area contributed by atoms with Gasteiger partial charge in [-0.2, -0.15) is 0 Å². The summed E-state index contributed by atoms with van der Waals surface area (Å²) in [5.41, 5.74) is 0.817. The quantitative estimate of drug-likeness (QED) is 0.568. The Morgan fingerprint density at radius 1 is 0.968 bits per heavy atom. The maximum atomic E-state index is 12.6. The van der Waals surface area contributed by atoms with Crippen molar-refractivity contribution in [1.82, 2.24) is 0 Å². The first-order chi connectivity index (χ1) is 14.8. The van der Waals surface area contributed by atoms with Crippen LogP contribution < -0.4 is 14.8 Å². The van der Waals surface area contributed by atoms with Crippen LogP contribution in [-0.4, -0.2) is 32.0 Å². The van der Waals surface area contributed by atoms with E-state index in [9.17, 15) is 23.1 Å². The van der Waals surface area contributed by atoms with Gasteiger partial charge < -0.3 is 15.2 Å². The van der Waals surface area contributed by atoms with E-state index in [-0.39, 0.29) is 10.8 Å². The van der Waals surface area contributed by atoms with Gasteiger partial charge in [-0.05, 0) is 68.3 Å².